The normalized spacial score (nSPS) is 11.5. The molecule has 0 bridgehead atoms. The number of thioether (sulfide) groups is 1. The molecule has 0 aliphatic rings. The molecule has 0 aliphatic carbocycles. The Bertz CT molecular complexity index is 1500. The minimum atomic E-state index is -0.469. The molecular formula is C22H22N8O2S. The smallest absolute Gasteiger partial charge is 0.321 e. The zero-order valence-corrected chi connectivity index (χ0v) is 18.8. The lowest BCUT2D eigenvalue weighted by atomic mass is 10.2. The summed E-state index contributed by atoms with van der Waals surface area (Å²) >= 11 is 1.42. The van der Waals surface area contributed by atoms with Gasteiger partial charge in [0, 0.05) is 18.9 Å². The molecule has 0 atom stereocenters. The maximum atomic E-state index is 12.8. The molecule has 1 N–H and O–H groups in total. The zero-order valence-electron chi connectivity index (χ0n) is 18.0. The highest BCUT2D eigenvalue weighted by Crippen LogP contribution is 2.22. The molecule has 5 rings (SSSR count). The Morgan fingerprint density at radius 3 is 2.70 bits per heavy atom. The van der Waals surface area contributed by atoms with E-state index in [0.717, 1.165) is 18.4 Å². The first-order chi connectivity index (χ1) is 16.1. The Labute approximate surface area is 192 Å². The van der Waals surface area contributed by atoms with Gasteiger partial charge in [-0.3, -0.25) is 14.3 Å². The maximum absolute atomic E-state index is 12.8. The van der Waals surface area contributed by atoms with E-state index >= 15 is 0 Å². The van der Waals surface area contributed by atoms with Crippen LogP contribution in [0.2, 0.25) is 0 Å². The van der Waals surface area contributed by atoms with Crippen LogP contribution in [0.15, 0.2) is 63.5 Å². The quantitative estimate of drug-likeness (QED) is 0.352. The molecule has 0 saturated carbocycles. The highest BCUT2D eigenvalue weighted by Gasteiger charge is 2.19. The molecule has 4 aromatic heterocycles. The summed E-state index contributed by atoms with van der Waals surface area (Å²) < 4.78 is 5.06. The first-order valence-electron chi connectivity index (χ1n) is 10.7. The average molecular weight is 463 g/mol. The van der Waals surface area contributed by atoms with Gasteiger partial charge in [-0.05, 0) is 18.1 Å². The van der Waals surface area contributed by atoms with E-state index in [1.54, 1.807) is 23.0 Å². The number of rotatable bonds is 8. The van der Waals surface area contributed by atoms with Gasteiger partial charge in [0.15, 0.2) is 11.2 Å². The van der Waals surface area contributed by atoms with Crippen molar-refractivity contribution in [1.82, 2.24) is 38.7 Å². The summed E-state index contributed by atoms with van der Waals surface area (Å²) in [6.07, 6.45) is 5.31. The Morgan fingerprint density at radius 2 is 1.91 bits per heavy atom. The lowest BCUT2D eigenvalue weighted by Gasteiger charge is -2.08. The Balaban J connectivity index is 1.56. The van der Waals surface area contributed by atoms with Crippen molar-refractivity contribution in [3.8, 4) is 0 Å². The third kappa shape index (κ3) is 4.19. The molecule has 168 valence electrons. The van der Waals surface area contributed by atoms with Crippen LogP contribution in [0, 0.1) is 0 Å². The van der Waals surface area contributed by atoms with Crippen LogP contribution >= 0.6 is 11.8 Å². The van der Waals surface area contributed by atoms with Gasteiger partial charge in [0.2, 0.25) is 5.16 Å². The van der Waals surface area contributed by atoms with Gasteiger partial charge in [0.1, 0.15) is 5.82 Å². The fourth-order valence-corrected chi connectivity index (χ4v) is 4.47. The number of nitrogens with one attached hydrogen (secondary N) is 1. The highest BCUT2D eigenvalue weighted by atomic mass is 32.2. The van der Waals surface area contributed by atoms with Gasteiger partial charge in [0.05, 0.1) is 12.3 Å². The predicted octanol–water partition coefficient (Wildman–Crippen LogP) is 2.46. The lowest BCUT2D eigenvalue weighted by Crippen LogP contribution is -2.31. The van der Waals surface area contributed by atoms with E-state index in [-0.39, 0.29) is 0 Å². The van der Waals surface area contributed by atoms with Gasteiger partial charge in [-0.2, -0.15) is 4.98 Å². The van der Waals surface area contributed by atoms with E-state index in [2.05, 4.69) is 27.0 Å². The molecule has 0 amide bonds. The molecule has 5 aromatic rings. The van der Waals surface area contributed by atoms with Gasteiger partial charge < -0.3 is 4.57 Å². The van der Waals surface area contributed by atoms with E-state index in [4.69, 9.17) is 4.98 Å². The number of fused-ring (bicyclic) bond motifs is 2. The highest BCUT2D eigenvalue weighted by molar-refractivity contribution is 7.98. The first-order valence-corrected chi connectivity index (χ1v) is 11.7. The number of aromatic amines is 1. The van der Waals surface area contributed by atoms with Gasteiger partial charge in [0.25, 0.3) is 11.3 Å². The van der Waals surface area contributed by atoms with Crippen molar-refractivity contribution in [2.45, 2.75) is 43.8 Å². The van der Waals surface area contributed by atoms with E-state index in [9.17, 15) is 9.59 Å². The number of H-pyrrole nitrogens is 1. The Kier molecular flexibility index (Phi) is 5.78. The summed E-state index contributed by atoms with van der Waals surface area (Å²) in [6.45, 7) is 3.05. The van der Waals surface area contributed by atoms with Gasteiger partial charge in [-0.1, -0.05) is 55.4 Å². The van der Waals surface area contributed by atoms with Crippen LogP contribution in [0.3, 0.4) is 0 Å². The zero-order chi connectivity index (χ0) is 22.8. The third-order valence-electron chi connectivity index (χ3n) is 5.31. The lowest BCUT2D eigenvalue weighted by molar-refractivity contribution is 0.626. The Hall–Kier alpha value is -3.73. The largest absolute Gasteiger partial charge is 0.330 e. The van der Waals surface area contributed by atoms with E-state index < -0.39 is 11.2 Å². The number of hydrogen-bond donors (Lipinski definition) is 1. The molecule has 4 heterocycles. The van der Waals surface area contributed by atoms with Crippen molar-refractivity contribution < 1.29 is 0 Å². The Morgan fingerprint density at radius 1 is 1.06 bits per heavy atom. The number of nitrogens with zero attached hydrogens (tertiary/aromatic N) is 7. The molecule has 33 heavy (non-hydrogen) atoms. The van der Waals surface area contributed by atoms with E-state index in [1.165, 1.54) is 16.3 Å². The number of unbranched alkanes of at least 4 members (excludes halogenated alkanes) is 1. The second-order valence-electron chi connectivity index (χ2n) is 7.58. The predicted molar refractivity (Wildman–Crippen MR) is 125 cm³/mol. The fraction of sp³-hybridized carbons (Fsp3) is 0.273. The van der Waals surface area contributed by atoms with Gasteiger partial charge in [-0.25, -0.2) is 19.3 Å². The van der Waals surface area contributed by atoms with Crippen LogP contribution in [-0.4, -0.2) is 38.7 Å². The van der Waals surface area contributed by atoms with Crippen molar-refractivity contribution in [3.05, 3.63) is 81.0 Å². The molecule has 10 nitrogen and oxygen atoms in total. The summed E-state index contributed by atoms with van der Waals surface area (Å²) in [5.41, 5.74) is 0.870. The summed E-state index contributed by atoms with van der Waals surface area (Å²) in [5, 5.41) is 4.99. The number of aryl methyl sites for hydroxylation is 1. The summed E-state index contributed by atoms with van der Waals surface area (Å²) in [5.74, 6) is 1.68. The molecule has 11 heteroatoms. The topological polar surface area (TPSA) is 116 Å². The van der Waals surface area contributed by atoms with Crippen molar-refractivity contribution in [1.29, 1.82) is 0 Å². The number of hydrogen-bond acceptors (Lipinski definition) is 7. The molecule has 0 unspecified atom stereocenters. The van der Waals surface area contributed by atoms with Crippen LogP contribution in [0.25, 0.3) is 16.9 Å². The van der Waals surface area contributed by atoms with Crippen LogP contribution in [0.1, 0.15) is 31.2 Å². The minimum absolute atomic E-state index is 0.323. The summed E-state index contributed by atoms with van der Waals surface area (Å²) in [4.78, 5) is 41.4. The first kappa shape index (κ1) is 21.1. The standard InChI is InChI=1S/C22H22N8O2S/c1-2-3-11-28-16(14-33-21-26-20-23-10-7-12-30(20)27-21)24-18-17(28)19(31)25-22(32)29(18)13-15-8-5-4-6-9-15/h4-10,12H,2-3,11,13-14H2,1H3,(H,25,31,32). The molecule has 0 aliphatic heterocycles. The number of imidazole rings is 1. The van der Waals surface area contributed by atoms with Crippen LogP contribution in [0.4, 0.5) is 0 Å². The van der Waals surface area contributed by atoms with Crippen LogP contribution in [-0.2, 0) is 18.8 Å². The SMILES string of the molecule is CCCCn1c(CSc2nc3ncccn3n2)nc2c1c(=O)[nH]c(=O)n2Cc1ccccc1. The van der Waals surface area contributed by atoms with Crippen molar-refractivity contribution in [2.75, 3.05) is 0 Å². The van der Waals surface area contributed by atoms with Crippen molar-refractivity contribution in [2.24, 2.45) is 0 Å². The minimum Gasteiger partial charge on any atom is -0.321 e. The van der Waals surface area contributed by atoms with Gasteiger partial charge in [-0.15, -0.1) is 5.10 Å². The second kappa shape index (κ2) is 9.02. The van der Waals surface area contributed by atoms with E-state index in [1.807, 2.05) is 34.9 Å². The van der Waals surface area contributed by atoms with Crippen LogP contribution < -0.4 is 11.2 Å². The summed E-state index contributed by atoms with van der Waals surface area (Å²) in [7, 11) is 0. The van der Waals surface area contributed by atoms with Crippen molar-refractivity contribution in [3.63, 3.8) is 0 Å². The average Bonchev–Trinajstić information content (AvgIpc) is 3.41. The molecule has 0 spiro atoms. The van der Waals surface area contributed by atoms with Gasteiger partial charge >= 0.3 is 5.69 Å². The third-order valence-corrected chi connectivity index (χ3v) is 6.14. The number of aromatic nitrogens is 8. The fourth-order valence-electron chi connectivity index (χ4n) is 3.70. The molecule has 0 saturated heterocycles. The van der Waals surface area contributed by atoms with Crippen LogP contribution in [0.5, 0.6) is 0 Å². The van der Waals surface area contributed by atoms with Crippen molar-refractivity contribution >= 4 is 28.7 Å². The van der Waals surface area contributed by atoms with E-state index in [0.29, 0.717) is 46.8 Å². The number of benzene rings is 1. The summed E-state index contributed by atoms with van der Waals surface area (Å²) in [6, 6.07) is 11.4. The molecule has 1 aromatic carbocycles. The molecule has 0 fully saturated rings. The second-order valence-corrected chi connectivity index (χ2v) is 8.53. The monoisotopic (exact) mass is 462 g/mol. The maximum Gasteiger partial charge on any atom is 0.330 e. The molecular weight excluding hydrogens is 440 g/mol. The molecule has 0 radical (unpaired) electrons.